The van der Waals surface area contributed by atoms with Gasteiger partial charge in [-0.25, -0.2) is 0 Å². The fourth-order valence-corrected chi connectivity index (χ4v) is 2.67. The lowest BCUT2D eigenvalue weighted by Crippen LogP contribution is -2.11. The molecule has 1 aliphatic rings. The Morgan fingerprint density at radius 2 is 2.18 bits per heavy atom. The van der Waals surface area contributed by atoms with E-state index in [9.17, 15) is 4.79 Å². The average Bonchev–Trinajstić information content (AvgIpc) is 2.78. The van der Waals surface area contributed by atoms with Crippen LogP contribution in [0.4, 0.5) is 0 Å². The largest absolute Gasteiger partial charge is 0.331 e. The lowest BCUT2D eigenvalue weighted by molar-refractivity contribution is 0.111. The van der Waals surface area contributed by atoms with Crippen LogP contribution in [-0.2, 0) is 0 Å². The third-order valence-electron chi connectivity index (χ3n) is 3.46. The van der Waals surface area contributed by atoms with Gasteiger partial charge >= 0.3 is 0 Å². The zero-order valence-electron chi connectivity index (χ0n) is 9.67. The molecule has 0 amide bonds. The Hall–Kier alpha value is -1.83. The number of nitrogens with zero attached hydrogens (tertiary/aromatic N) is 1. The highest BCUT2D eigenvalue weighted by Gasteiger charge is 2.16. The zero-order valence-corrected chi connectivity index (χ0v) is 9.67. The monoisotopic (exact) mass is 225 g/mol. The molecule has 0 saturated carbocycles. The predicted molar refractivity (Wildman–Crippen MR) is 69.4 cm³/mol. The van der Waals surface area contributed by atoms with Gasteiger partial charge in [-0.15, -0.1) is 0 Å². The van der Waals surface area contributed by atoms with Gasteiger partial charge in [0, 0.05) is 10.9 Å². The summed E-state index contributed by atoms with van der Waals surface area (Å²) in [7, 11) is 0. The standard InChI is InChI=1S/C15H15NO/c17-11-14-10-12-6-4-5-9-15(12)16(14)13-7-2-1-3-8-13/h2,4-7,9-11,13H,1,3,8H2. The van der Waals surface area contributed by atoms with E-state index in [1.165, 1.54) is 6.42 Å². The van der Waals surface area contributed by atoms with E-state index in [4.69, 9.17) is 0 Å². The number of allylic oxidation sites excluding steroid dienone is 2. The first-order valence-electron chi connectivity index (χ1n) is 6.12. The highest BCUT2D eigenvalue weighted by Crippen LogP contribution is 2.29. The molecule has 0 spiro atoms. The Bertz CT molecular complexity index is 580. The van der Waals surface area contributed by atoms with E-state index >= 15 is 0 Å². The lowest BCUT2D eigenvalue weighted by atomic mass is 10.0. The first-order chi connectivity index (χ1) is 8.40. The molecular weight excluding hydrogens is 210 g/mol. The maximum absolute atomic E-state index is 11.2. The molecule has 1 heterocycles. The third-order valence-corrected chi connectivity index (χ3v) is 3.46. The number of carbonyl (C=O) groups excluding carboxylic acids is 1. The minimum absolute atomic E-state index is 0.337. The van der Waals surface area contributed by atoms with Crippen molar-refractivity contribution in [1.82, 2.24) is 4.57 Å². The summed E-state index contributed by atoms with van der Waals surface area (Å²) in [5.74, 6) is 0. The van der Waals surface area contributed by atoms with Gasteiger partial charge in [0.15, 0.2) is 6.29 Å². The minimum Gasteiger partial charge on any atom is -0.331 e. The Morgan fingerprint density at radius 3 is 2.94 bits per heavy atom. The molecule has 0 N–H and O–H groups in total. The van der Waals surface area contributed by atoms with Crippen LogP contribution in [-0.4, -0.2) is 10.9 Å². The molecule has 0 radical (unpaired) electrons. The Balaban J connectivity index is 2.21. The van der Waals surface area contributed by atoms with Crippen LogP contribution in [0.3, 0.4) is 0 Å². The topological polar surface area (TPSA) is 22.0 Å². The fourth-order valence-electron chi connectivity index (χ4n) is 2.67. The molecule has 1 aliphatic carbocycles. The number of rotatable bonds is 2. The quantitative estimate of drug-likeness (QED) is 0.563. The summed E-state index contributed by atoms with van der Waals surface area (Å²) in [5.41, 5.74) is 1.94. The Kier molecular flexibility index (Phi) is 2.56. The fraction of sp³-hybridized carbons (Fsp3) is 0.267. The molecule has 0 bridgehead atoms. The van der Waals surface area contributed by atoms with E-state index in [-0.39, 0.29) is 0 Å². The van der Waals surface area contributed by atoms with E-state index in [1.807, 2.05) is 18.2 Å². The van der Waals surface area contributed by atoms with Crippen molar-refractivity contribution in [3.63, 3.8) is 0 Å². The SMILES string of the molecule is O=Cc1cc2ccccc2n1C1C=CCCC1. The number of aldehydes is 1. The van der Waals surface area contributed by atoms with Crippen molar-refractivity contribution in [2.24, 2.45) is 0 Å². The Morgan fingerprint density at radius 1 is 1.29 bits per heavy atom. The third kappa shape index (κ3) is 1.70. The van der Waals surface area contributed by atoms with E-state index < -0.39 is 0 Å². The van der Waals surface area contributed by atoms with Crippen LogP contribution in [0, 0.1) is 0 Å². The van der Waals surface area contributed by atoms with Crippen LogP contribution in [0.1, 0.15) is 35.8 Å². The van der Waals surface area contributed by atoms with Crippen molar-refractivity contribution >= 4 is 17.2 Å². The normalized spacial score (nSPS) is 19.6. The molecule has 2 aromatic rings. The molecule has 1 unspecified atom stereocenters. The molecule has 0 aliphatic heterocycles. The molecule has 3 rings (SSSR count). The smallest absolute Gasteiger partial charge is 0.166 e. The van der Waals surface area contributed by atoms with Crippen LogP contribution in [0.25, 0.3) is 10.9 Å². The highest BCUT2D eigenvalue weighted by molar-refractivity contribution is 5.89. The molecule has 17 heavy (non-hydrogen) atoms. The minimum atomic E-state index is 0.337. The van der Waals surface area contributed by atoms with Crippen molar-refractivity contribution < 1.29 is 4.79 Å². The summed E-state index contributed by atoms with van der Waals surface area (Å²) < 4.78 is 2.16. The van der Waals surface area contributed by atoms with Gasteiger partial charge in [-0.3, -0.25) is 4.79 Å². The molecule has 1 aromatic carbocycles. The maximum Gasteiger partial charge on any atom is 0.166 e. The number of hydrogen-bond acceptors (Lipinski definition) is 1. The van der Waals surface area contributed by atoms with Crippen molar-refractivity contribution in [3.05, 3.63) is 48.2 Å². The van der Waals surface area contributed by atoms with E-state index in [0.717, 1.165) is 35.7 Å². The van der Waals surface area contributed by atoms with Crippen molar-refractivity contribution in [1.29, 1.82) is 0 Å². The molecule has 0 saturated heterocycles. The van der Waals surface area contributed by atoms with Crippen molar-refractivity contribution in [2.75, 3.05) is 0 Å². The summed E-state index contributed by atoms with van der Waals surface area (Å²) >= 11 is 0. The first kappa shape index (κ1) is 10.3. The summed E-state index contributed by atoms with van der Waals surface area (Å²) in [6.45, 7) is 0. The van der Waals surface area contributed by atoms with Crippen molar-refractivity contribution in [2.45, 2.75) is 25.3 Å². The van der Waals surface area contributed by atoms with Gasteiger partial charge in [0.1, 0.15) is 0 Å². The van der Waals surface area contributed by atoms with Crippen LogP contribution < -0.4 is 0 Å². The molecule has 1 atom stereocenters. The van der Waals surface area contributed by atoms with Crippen LogP contribution in [0.5, 0.6) is 0 Å². The molecule has 0 fully saturated rings. The molecule has 1 aromatic heterocycles. The maximum atomic E-state index is 11.2. The van der Waals surface area contributed by atoms with Crippen LogP contribution >= 0.6 is 0 Å². The summed E-state index contributed by atoms with van der Waals surface area (Å²) in [6.07, 6.45) is 8.89. The summed E-state index contributed by atoms with van der Waals surface area (Å²) in [5, 5.41) is 1.15. The van der Waals surface area contributed by atoms with Gasteiger partial charge in [-0.2, -0.15) is 0 Å². The molecule has 2 heteroatoms. The van der Waals surface area contributed by atoms with Gasteiger partial charge in [-0.05, 0) is 31.4 Å². The van der Waals surface area contributed by atoms with Gasteiger partial charge < -0.3 is 4.57 Å². The number of benzene rings is 1. The predicted octanol–water partition coefficient (Wildman–Crippen LogP) is 3.74. The van der Waals surface area contributed by atoms with Gasteiger partial charge in [-0.1, -0.05) is 30.4 Å². The summed E-state index contributed by atoms with van der Waals surface area (Å²) in [4.78, 5) is 11.2. The van der Waals surface area contributed by atoms with Crippen LogP contribution in [0.2, 0.25) is 0 Å². The number of carbonyl (C=O) groups is 1. The second-order valence-electron chi connectivity index (χ2n) is 4.54. The molecule has 86 valence electrons. The number of aromatic nitrogens is 1. The van der Waals surface area contributed by atoms with Gasteiger partial charge in [0.25, 0.3) is 0 Å². The van der Waals surface area contributed by atoms with Crippen LogP contribution in [0.15, 0.2) is 42.5 Å². The molecule has 2 nitrogen and oxygen atoms in total. The highest BCUT2D eigenvalue weighted by atomic mass is 16.1. The van der Waals surface area contributed by atoms with E-state index in [2.05, 4.69) is 28.9 Å². The zero-order chi connectivity index (χ0) is 11.7. The number of fused-ring (bicyclic) bond motifs is 1. The number of para-hydroxylation sites is 1. The second kappa shape index (κ2) is 4.21. The second-order valence-corrected chi connectivity index (χ2v) is 4.54. The van der Waals surface area contributed by atoms with E-state index in [0.29, 0.717) is 6.04 Å². The molecular formula is C15H15NO. The van der Waals surface area contributed by atoms with E-state index in [1.54, 1.807) is 0 Å². The average molecular weight is 225 g/mol. The van der Waals surface area contributed by atoms with Gasteiger partial charge in [0.2, 0.25) is 0 Å². The number of hydrogen-bond donors (Lipinski definition) is 0. The lowest BCUT2D eigenvalue weighted by Gasteiger charge is -2.20. The van der Waals surface area contributed by atoms with Gasteiger partial charge in [0.05, 0.1) is 11.7 Å². The van der Waals surface area contributed by atoms with Crippen molar-refractivity contribution in [3.8, 4) is 0 Å². The Labute approximate surface area is 101 Å². The first-order valence-corrected chi connectivity index (χ1v) is 6.12. The summed E-state index contributed by atoms with van der Waals surface area (Å²) in [6, 6.07) is 10.5.